The Kier molecular flexibility index (Phi) is 6.02. The molecule has 2 aromatic rings. The van der Waals surface area contributed by atoms with Gasteiger partial charge in [-0.3, -0.25) is 19.9 Å². The average Bonchev–Trinajstić information content (AvgIpc) is 3.12. The normalized spacial score (nSPS) is 16.0. The van der Waals surface area contributed by atoms with Gasteiger partial charge >= 0.3 is 0 Å². The first-order chi connectivity index (χ1) is 13.0. The van der Waals surface area contributed by atoms with Crippen LogP contribution in [0.1, 0.15) is 37.0 Å². The number of aromatic nitrogens is 2. The zero-order chi connectivity index (χ0) is 19.4. The Hall–Kier alpha value is -2.52. The molecule has 1 aliphatic heterocycles. The van der Waals surface area contributed by atoms with Crippen molar-refractivity contribution in [2.75, 3.05) is 33.3 Å². The maximum atomic E-state index is 11.0. The Labute approximate surface area is 158 Å². The Morgan fingerprint density at radius 2 is 1.89 bits per heavy atom. The van der Waals surface area contributed by atoms with Crippen LogP contribution in [0, 0.1) is 10.1 Å². The molecular formula is C18H25N5O4. The van der Waals surface area contributed by atoms with Gasteiger partial charge in [-0.1, -0.05) is 19.0 Å². The Morgan fingerprint density at radius 3 is 2.44 bits per heavy atom. The van der Waals surface area contributed by atoms with Gasteiger partial charge in [0.15, 0.2) is 5.82 Å². The zero-order valence-corrected chi connectivity index (χ0v) is 15.9. The van der Waals surface area contributed by atoms with Crippen LogP contribution in [-0.2, 0) is 13.1 Å². The van der Waals surface area contributed by atoms with Crippen molar-refractivity contribution >= 4 is 5.69 Å². The number of piperazine rings is 1. The highest BCUT2D eigenvalue weighted by atomic mass is 16.6. The number of methoxy groups -OCH3 is 1. The number of rotatable bonds is 7. The van der Waals surface area contributed by atoms with Crippen LogP contribution in [0.25, 0.3) is 0 Å². The molecule has 0 spiro atoms. The van der Waals surface area contributed by atoms with Crippen molar-refractivity contribution in [2.24, 2.45) is 0 Å². The molecule has 0 N–H and O–H groups in total. The van der Waals surface area contributed by atoms with Crippen molar-refractivity contribution in [2.45, 2.75) is 32.9 Å². The molecule has 0 radical (unpaired) electrons. The van der Waals surface area contributed by atoms with E-state index >= 15 is 0 Å². The highest BCUT2D eigenvalue weighted by Crippen LogP contribution is 2.25. The molecule has 0 bridgehead atoms. The monoisotopic (exact) mass is 375 g/mol. The number of nitrogens with zero attached hydrogens (tertiary/aromatic N) is 5. The van der Waals surface area contributed by atoms with E-state index in [4.69, 9.17) is 9.26 Å². The van der Waals surface area contributed by atoms with Gasteiger partial charge < -0.3 is 9.26 Å². The summed E-state index contributed by atoms with van der Waals surface area (Å²) >= 11 is 0. The van der Waals surface area contributed by atoms with E-state index in [9.17, 15) is 10.1 Å². The first-order valence-corrected chi connectivity index (χ1v) is 9.04. The molecule has 1 aromatic heterocycles. The fourth-order valence-electron chi connectivity index (χ4n) is 3.11. The van der Waals surface area contributed by atoms with Crippen molar-refractivity contribution in [3.63, 3.8) is 0 Å². The summed E-state index contributed by atoms with van der Waals surface area (Å²) in [5.74, 6) is 2.31. The van der Waals surface area contributed by atoms with Crippen molar-refractivity contribution in [1.82, 2.24) is 19.9 Å². The molecule has 9 heteroatoms. The standard InChI is InChI=1S/C18H25N5O4/c1-13(2)18-19-17(27-20-18)12-22-8-6-21(7-9-22)11-14-10-15(23(24)25)4-5-16(14)26-3/h4-5,10,13H,6-9,11-12H2,1-3H3. The van der Waals surface area contributed by atoms with Gasteiger partial charge in [0.05, 0.1) is 18.6 Å². The number of non-ortho nitro benzene ring substituents is 1. The molecule has 1 aliphatic rings. The molecule has 1 saturated heterocycles. The van der Waals surface area contributed by atoms with Crippen LogP contribution < -0.4 is 4.74 Å². The second-order valence-electron chi connectivity index (χ2n) is 7.01. The van der Waals surface area contributed by atoms with Crippen LogP contribution in [0.2, 0.25) is 0 Å². The van der Waals surface area contributed by atoms with Crippen LogP contribution in [0.5, 0.6) is 5.75 Å². The molecule has 3 rings (SSSR count). The minimum absolute atomic E-state index is 0.0850. The van der Waals surface area contributed by atoms with Crippen LogP contribution >= 0.6 is 0 Å². The lowest BCUT2D eigenvalue weighted by Gasteiger charge is -2.34. The lowest BCUT2D eigenvalue weighted by atomic mass is 10.1. The van der Waals surface area contributed by atoms with Crippen molar-refractivity contribution in [1.29, 1.82) is 0 Å². The largest absolute Gasteiger partial charge is 0.496 e. The van der Waals surface area contributed by atoms with E-state index < -0.39 is 0 Å². The summed E-state index contributed by atoms with van der Waals surface area (Å²) in [7, 11) is 1.58. The van der Waals surface area contributed by atoms with E-state index in [-0.39, 0.29) is 16.5 Å². The summed E-state index contributed by atoms with van der Waals surface area (Å²) in [5, 5.41) is 15.0. The topological polar surface area (TPSA) is 97.8 Å². The molecule has 1 fully saturated rings. The van der Waals surface area contributed by atoms with Gasteiger partial charge in [0.25, 0.3) is 5.69 Å². The van der Waals surface area contributed by atoms with E-state index in [1.807, 2.05) is 13.8 Å². The molecule has 0 aliphatic carbocycles. The van der Waals surface area contributed by atoms with Crippen molar-refractivity contribution < 1.29 is 14.2 Å². The minimum Gasteiger partial charge on any atom is -0.496 e. The van der Waals surface area contributed by atoms with Crippen molar-refractivity contribution in [3.05, 3.63) is 45.6 Å². The van der Waals surface area contributed by atoms with Crippen molar-refractivity contribution in [3.8, 4) is 5.75 Å². The van der Waals surface area contributed by atoms with Gasteiger partial charge in [-0.15, -0.1) is 0 Å². The quantitative estimate of drug-likeness (QED) is 0.537. The molecule has 146 valence electrons. The molecule has 0 saturated carbocycles. The third kappa shape index (κ3) is 4.81. The lowest BCUT2D eigenvalue weighted by molar-refractivity contribution is -0.385. The average molecular weight is 375 g/mol. The molecule has 0 unspecified atom stereocenters. The second-order valence-corrected chi connectivity index (χ2v) is 7.01. The predicted molar refractivity (Wildman–Crippen MR) is 98.6 cm³/mol. The number of hydrogen-bond acceptors (Lipinski definition) is 8. The lowest BCUT2D eigenvalue weighted by Crippen LogP contribution is -2.45. The maximum Gasteiger partial charge on any atom is 0.270 e. The third-order valence-electron chi connectivity index (χ3n) is 4.69. The fourth-order valence-corrected chi connectivity index (χ4v) is 3.11. The summed E-state index contributed by atoms with van der Waals surface area (Å²) < 4.78 is 10.7. The van der Waals surface area contributed by atoms with Crippen LogP contribution in [0.15, 0.2) is 22.7 Å². The summed E-state index contributed by atoms with van der Waals surface area (Å²) in [6.45, 7) is 8.80. The zero-order valence-electron chi connectivity index (χ0n) is 15.9. The summed E-state index contributed by atoms with van der Waals surface area (Å²) in [6.07, 6.45) is 0. The van der Waals surface area contributed by atoms with Gasteiger partial charge in [-0.2, -0.15) is 4.98 Å². The SMILES string of the molecule is COc1ccc([N+](=O)[O-])cc1CN1CCN(Cc2nc(C(C)C)no2)CC1. The highest BCUT2D eigenvalue weighted by Gasteiger charge is 2.21. The number of nitro groups is 1. The van der Waals surface area contributed by atoms with Crippen LogP contribution in [-0.4, -0.2) is 58.2 Å². The summed E-state index contributed by atoms with van der Waals surface area (Å²) in [5.41, 5.74) is 0.917. The number of ether oxygens (including phenoxy) is 1. The number of hydrogen-bond donors (Lipinski definition) is 0. The molecule has 0 amide bonds. The molecule has 0 atom stereocenters. The molecule has 2 heterocycles. The van der Waals surface area contributed by atoms with Gasteiger partial charge in [0.2, 0.25) is 5.89 Å². The third-order valence-corrected chi connectivity index (χ3v) is 4.69. The fraction of sp³-hybridized carbons (Fsp3) is 0.556. The Balaban J connectivity index is 1.56. The molecule has 27 heavy (non-hydrogen) atoms. The van der Waals surface area contributed by atoms with E-state index in [1.54, 1.807) is 19.2 Å². The Bertz CT molecular complexity index is 784. The van der Waals surface area contributed by atoms with Crippen LogP contribution in [0.3, 0.4) is 0 Å². The van der Waals surface area contributed by atoms with Gasteiger partial charge in [-0.25, -0.2) is 0 Å². The first kappa shape index (κ1) is 19.2. The van der Waals surface area contributed by atoms with E-state index in [2.05, 4.69) is 19.9 Å². The van der Waals surface area contributed by atoms with Gasteiger partial charge in [0, 0.05) is 56.3 Å². The number of benzene rings is 1. The van der Waals surface area contributed by atoms with Gasteiger partial charge in [-0.05, 0) is 6.07 Å². The molecular weight excluding hydrogens is 350 g/mol. The smallest absolute Gasteiger partial charge is 0.270 e. The highest BCUT2D eigenvalue weighted by molar-refractivity contribution is 5.43. The van der Waals surface area contributed by atoms with E-state index in [0.29, 0.717) is 24.7 Å². The van der Waals surface area contributed by atoms with E-state index in [1.165, 1.54) is 6.07 Å². The number of nitro benzene ring substituents is 1. The molecule has 1 aromatic carbocycles. The summed E-state index contributed by atoms with van der Waals surface area (Å²) in [6, 6.07) is 4.72. The summed E-state index contributed by atoms with van der Waals surface area (Å²) in [4.78, 5) is 19.6. The van der Waals surface area contributed by atoms with E-state index in [0.717, 1.165) is 37.6 Å². The first-order valence-electron chi connectivity index (χ1n) is 9.04. The second kappa shape index (κ2) is 8.45. The maximum absolute atomic E-state index is 11.0. The minimum atomic E-state index is -0.378. The van der Waals surface area contributed by atoms with Gasteiger partial charge in [0.1, 0.15) is 5.75 Å². The predicted octanol–water partition coefficient (Wildman–Crippen LogP) is 2.43. The molecule has 9 nitrogen and oxygen atoms in total. The van der Waals surface area contributed by atoms with Crippen LogP contribution in [0.4, 0.5) is 5.69 Å². The Morgan fingerprint density at radius 1 is 1.22 bits per heavy atom.